The maximum Gasteiger partial charge on any atom is 0.189 e. The third-order valence-corrected chi connectivity index (χ3v) is 2.83. The second-order valence-electron chi connectivity index (χ2n) is 4.95. The summed E-state index contributed by atoms with van der Waals surface area (Å²) in [5, 5.41) is 7.52. The van der Waals surface area contributed by atoms with Gasteiger partial charge in [-0.3, -0.25) is 0 Å². The van der Waals surface area contributed by atoms with E-state index in [-0.39, 0.29) is 30.0 Å². The van der Waals surface area contributed by atoms with Crippen molar-refractivity contribution in [2.75, 3.05) is 7.11 Å². The van der Waals surface area contributed by atoms with E-state index in [9.17, 15) is 0 Å². The number of nitrogens with zero attached hydrogens (tertiary/aromatic N) is 3. The van der Waals surface area contributed by atoms with Crippen molar-refractivity contribution in [3.05, 3.63) is 42.2 Å². The molecule has 0 aliphatic rings. The number of nitrogens with one attached hydrogen (secondary N) is 1. The Morgan fingerprint density at radius 1 is 1.32 bits per heavy atom. The van der Waals surface area contributed by atoms with Gasteiger partial charge >= 0.3 is 0 Å². The first kappa shape index (κ1) is 18.3. The van der Waals surface area contributed by atoms with Crippen molar-refractivity contribution in [3.63, 3.8) is 0 Å². The third kappa shape index (κ3) is 5.21. The Bertz CT molecular complexity index is 607. The number of aliphatic imine (C=N–C) groups is 1. The summed E-state index contributed by atoms with van der Waals surface area (Å²) in [6.07, 6.45) is 1.90. The molecule has 0 spiro atoms. The van der Waals surface area contributed by atoms with E-state index in [1.807, 2.05) is 50.4 Å². The molecule has 0 atom stereocenters. The molecule has 0 saturated carbocycles. The number of aromatic nitrogens is 2. The molecule has 0 saturated heterocycles. The molecule has 6 nitrogen and oxygen atoms in total. The van der Waals surface area contributed by atoms with Gasteiger partial charge in [-0.1, -0.05) is 0 Å². The molecule has 7 heteroatoms. The van der Waals surface area contributed by atoms with Gasteiger partial charge in [0.25, 0.3) is 0 Å². The normalized spacial score (nSPS) is 11.2. The Labute approximate surface area is 147 Å². The van der Waals surface area contributed by atoms with Crippen LogP contribution >= 0.6 is 24.0 Å². The number of ether oxygens (including phenoxy) is 1. The van der Waals surface area contributed by atoms with Crippen LogP contribution in [0.15, 0.2) is 41.5 Å². The standard InChI is InChI=1S/C15H21N5O.HI/c1-11(2)18-15(16)17-10-12-8-9-20(19-12)13-4-6-14(21-3)7-5-13;/h4-9,11H,10H2,1-3H3,(H3,16,17,18);1H. The fourth-order valence-corrected chi connectivity index (χ4v) is 1.83. The van der Waals surface area contributed by atoms with Gasteiger partial charge in [-0.05, 0) is 44.2 Å². The van der Waals surface area contributed by atoms with E-state index in [1.54, 1.807) is 11.8 Å². The number of rotatable bonds is 5. The molecule has 2 aromatic rings. The Balaban J connectivity index is 0.00000242. The lowest BCUT2D eigenvalue weighted by Gasteiger charge is -2.07. The average Bonchev–Trinajstić information content (AvgIpc) is 2.93. The zero-order chi connectivity index (χ0) is 15.2. The van der Waals surface area contributed by atoms with E-state index in [2.05, 4.69) is 15.4 Å². The molecule has 0 aliphatic heterocycles. The molecule has 1 aromatic carbocycles. The highest BCUT2D eigenvalue weighted by atomic mass is 127. The van der Waals surface area contributed by atoms with E-state index in [1.165, 1.54) is 0 Å². The lowest BCUT2D eigenvalue weighted by molar-refractivity contribution is 0.414. The third-order valence-electron chi connectivity index (χ3n) is 2.83. The fraction of sp³-hybridized carbons (Fsp3) is 0.333. The Morgan fingerprint density at radius 2 is 2.00 bits per heavy atom. The number of guanidine groups is 1. The molecular formula is C15H22IN5O. The van der Waals surface area contributed by atoms with Gasteiger partial charge in [0.15, 0.2) is 5.96 Å². The van der Waals surface area contributed by atoms with Crippen molar-refractivity contribution in [3.8, 4) is 11.4 Å². The number of halogens is 1. The molecular weight excluding hydrogens is 393 g/mol. The minimum Gasteiger partial charge on any atom is -0.497 e. The summed E-state index contributed by atoms with van der Waals surface area (Å²) in [6.45, 7) is 4.48. The van der Waals surface area contributed by atoms with Gasteiger partial charge in [0.1, 0.15) is 5.75 Å². The number of methoxy groups -OCH3 is 1. The summed E-state index contributed by atoms with van der Waals surface area (Å²) in [5.74, 6) is 1.26. The van der Waals surface area contributed by atoms with Crippen molar-refractivity contribution in [1.82, 2.24) is 15.1 Å². The van der Waals surface area contributed by atoms with Crippen LogP contribution in [0.25, 0.3) is 5.69 Å². The number of nitrogens with two attached hydrogens (primary N) is 1. The molecule has 120 valence electrons. The van der Waals surface area contributed by atoms with E-state index >= 15 is 0 Å². The van der Waals surface area contributed by atoms with Gasteiger partial charge in [-0.25, -0.2) is 9.67 Å². The highest BCUT2D eigenvalue weighted by molar-refractivity contribution is 14.0. The van der Waals surface area contributed by atoms with E-state index in [4.69, 9.17) is 10.5 Å². The lowest BCUT2D eigenvalue weighted by Crippen LogP contribution is -2.36. The number of benzene rings is 1. The maximum atomic E-state index is 5.76. The topological polar surface area (TPSA) is 77.5 Å². The van der Waals surface area contributed by atoms with Crippen LogP contribution in [0.3, 0.4) is 0 Å². The summed E-state index contributed by atoms with van der Waals surface area (Å²) in [7, 11) is 1.65. The van der Waals surface area contributed by atoms with Crippen LogP contribution in [0, 0.1) is 0 Å². The number of hydrogen-bond acceptors (Lipinski definition) is 3. The Kier molecular flexibility index (Phi) is 7.16. The predicted octanol–water partition coefficient (Wildman–Crippen LogP) is 2.31. The molecule has 0 aliphatic carbocycles. The minimum atomic E-state index is 0. The summed E-state index contributed by atoms with van der Waals surface area (Å²) in [4.78, 5) is 4.26. The fourth-order valence-electron chi connectivity index (χ4n) is 1.83. The molecule has 0 radical (unpaired) electrons. The van der Waals surface area contributed by atoms with Gasteiger partial charge in [0.2, 0.25) is 0 Å². The molecule has 22 heavy (non-hydrogen) atoms. The van der Waals surface area contributed by atoms with Gasteiger partial charge in [0.05, 0.1) is 25.0 Å². The zero-order valence-corrected chi connectivity index (χ0v) is 15.3. The molecule has 0 bridgehead atoms. The predicted molar refractivity (Wildman–Crippen MR) is 99.1 cm³/mol. The quantitative estimate of drug-likeness (QED) is 0.447. The molecule has 0 amide bonds. The lowest BCUT2D eigenvalue weighted by atomic mass is 10.3. The van der Waals surface area contributed by atoms with Crippen LogP contribution < -0.4 is 15.8 Å². The van der Waals surface area contributed by atoms with Gasteiger partial charge < -0.3 is 15.8 Å². The van der Waals surface area contributed by atoms with Crippen LogP contribution in [-0.4, -0.2) is 28.9 Å². The van der Waals surface area contributed by atoms with Crippen molar-refractivity contribution < 1.29 is 4.74 Å². The van der Waals surface area contributed by atoms with Gasteiger partial charge in [0, 0.05) is 12.2 Å². The SMILES string of the molecule is COc1ccc(-n2ccc(CN=C(N)NC(C)C)n2)cc1.I. The first-order valence-corrected chi connectivity index (χ1v) is 6.84. The molecule has 3 N–H and O–H groups in total. The Hall–Kier alpha value is -1.77. The van der Waals surface area contributed by atoms with Crippen LogP contribution in [0.1, 0.15) is 19.5 Å². The van der Waals surface area contributed by atoms with E-state index in [0.29, 0.717) is 12.5 Å². The zero-order valence-electron chi connectivity index (χ0n) is 13.0. The van der Waals surface area contributed by atoms with Crippen molar-refractivity contribution in [1.29, 1.82) is 0 Å². The maximum absolute atomic E-state index is 5.76. The number of hydrogen-bond donors (Lipinski definition) is 2. The van der Waals surface area contributed by atoms with Crippen LogP contribution in [0.2, 0.25) is 0 Å². The van der Waals surface area contributed by atoms with E-state index < -0.39 is 0 Å². The summed E-state index contributed by atoms with van der Waals surface area (Å²) in [5.41, 5.74) is 7.59. The Morgan fingerprint density at radius 3 is 2.59 bits per heavy atom. The van der Waals surface area contributed by atoms with Crippen LogP contribution in [0.5, 0.6) is 5.75 Å². The highest BCUT2D eigenvalue weighted by Crippen LogP contribution is 2.14. The van der Waals surface area contributed by atoms with Crippen LogP contribution in [-0.2, 0) is 6.54 Å². The van der Waals surface area contributed by atoms with Gasteiger partial charge in [-0.15, -0.1) is 24.0 Å². The second-order valence-corrected chi connectivity index (χ2v) is 4.95. The van der Waals surface area contributed by atoms with Crippen molar-refractivity contribution >= 4 is 29.9 Å². The first-order chi connectivity index (χ1) is 10.1. The first-order valence-electron chi connectivity index (χ1n) is 6.84. The molecule has 2 rings (SSSR count). The van der Waals surface area contributed by atoms with Crippen molar-refractivity contribution in [2.45, 2.75) is 26.4 Å². The smallest absolute Gasteiger partial charge is 0.189 e. The molecule has 0 fully saturated rings. The second kappa shape index (κ2) is 8.62. The largest absolute Gasteiger partial charge is 0.497 e. The molecule has 0 unspecified atom stereocenters. The van der Waals surface area contributed by atoms with E-state index in [0.717, 1.165) is 17.1 Å². The average molecular weight is 415 g/mol. The summed E-state index contributed by atoms with van der Waals surface area (Å²) >= 11 is 0. The minimum absolute atomic E-state index is 0. The molecule has 1 aromatic heterocycles. The van der Waals surface area contributed by atoms with Crippen molar-refractivity contribution in [2.24, 2.45) is 10.7 Å². The monoisotopic (exact) mass is 415 g/mol. The van der Waals surface area contributed by atoms with Crippen LogP contribution in [0.4, 0.5) is 0 Å². The molecule has 1 heterocycles. The van der Waals surface area contributed by atoms with Gasteiger partial charge in [-0.2, -0.15) is 5.10 Å². The summed E-state index contributed by atoms with van der Waals surface area (Å²) in [6, 6.07) is 9.90. The highest BCUT2D eigenvalue weighted by Gasteiger charge is 2.02. The summed E-state index contributed by atoms with van der Waals surface area (Å²) < 4.78 is 6.94.